The number of thiol groups is 2. The molecule has 6 N–H and O–H groups in total. The Labute approximate surface area is 265 Å². The molecule has 0 atom stereocenters. The zero-order valence-corrected chi connectivity index (χ0v) is 27.5. The van der Waals surface area contributed by atoms with E-state index in [-0.39, 0.29) is 12.8 Å². The first-order valence-electron chi connectivity index (χ1n) is 14.5. The number of carboxylic acids is 2. The zero-order chi connectivity index (χ0) is 32.0. The van der Waals surface area contributed by atoms with Crippen molar-refractivity contribution in [3.8, 4) is 0 Å². The molecule has 1 aliphatic rings. The monoisotopic (exact) mass is 630 g/mol. The van der Waals surface area contributed by atoms with E-state index in [2.05, 4.69) is 52.0 Å². The number of fused-ring (bicyclic) bond motifs is 8. The lowest BCUT2D eigenvalue weighted by atomic mass is 10.0. The van der Waals surface area contributed by atoms with Crippen molar-refractivity contribution >= 4 is 71.3 Å². The van der Waals surface area contributed by atoms with Crippen LogP contribution in [0.2, 0.25) is 0 Å². The van der Waals surface area contributed by atoms with Gasteiger partial charge in [-0.2, -0.15) is 0 Å². The Bertz CT molecular complexity index is 2220. The highest BCUT2D eigenvalue weighted by Crippen LogP contribution is 2.22. The van der Waals surface area contributed by atoms with Crippen LogP contribution < -0.4 is 31.8 Å². The molecular weight excluding hydrogens is 593 g/mol. The summed E-state index contributed by atoms with van der Waals surface area (Å²) in [5.41, 5.74) is 9.33. The molecule has 8 nitrogen and oxygen atoms in total. The quantitative estimate of drug-likeness (QED) is 0.136. The Morgan fingerprint density at radius 2 is 1.00 bits per heavy atom. The van der Waals surface area contributed by atoms with Crippen LogP contribution in [-0.4, -0.2) is 42.1 Å². The molecule has 4 aromatic rings. The van der Waals surface area contributed by atoms with Crippen molar-refractivity contribution < 1.29 is 19.8 Å². The highest BCUT2D eigenvalue weighted by atomic mass is 32.1. The molecule has 0 aromatic carbocycles. The first-order chi connectivity index (χ1) is 20.8. The van der Waals surface area contributed by atoms with Gasteiger partial charge in [-0.15, -0.1) is 25.3 Å². The number of rotatable bonds is 6. The molecular formula is C34H38N4O4S2. The molecule has 5 rings (SSSR count). The maximum atomic E-state index is 11.6. The third-order valence-corrected chi connectivity index (χ3v) is 9.04. The minimum absolute atomic E-state index is 0.0110. The van der Waals surface area contributed by atoms with E-state index in [4.69, 9.17) is 25.3 Å². The minimum Gasteiger partial charge on any atom is -0.481 e. The van der Waals surface area contributed by atoms with E-state index in [1.54, 1.807) is 0 Å². The molecule has 5 heterocycles. The number of aliphatic carboxylic acids is 2. The zero-order valence-electron chi connectivity index (χ0n) is 25.7. The Morgan fingerprint density at radius 3 is 1.48 bits per heavy atom. The van der Waals surface area contributed by atoms with Crippen LogP contribution in [0.25, 0.3) is 34.1 Å². The van der Waals surface area contributed by atoms with E-state index in [1.165, 1.54) is 0 Å². The summed E-state index contributed by atoms with van der Waals surface area (Å²) in [5, 5.41) is 24.5. The number of aromatic amines is 4. The summed E-state index contributed by atoms with van der Waals surface area (Å²) in [6, 6.07) is 0. The predicted molar refractivity (Wildman–Crippen MR) is 182 cm³/mol. The molecule has 0 saturated carbocycles. The van der Waals surface area contributed by atoms with Gasteiger partial charge in [0.15, 0.2) is 0 Å². The number of carbonyl (C=O) groups is 2. The van der Waals surface area contributed by atoms with Gasteiger partial charge in [-0.25, -0.2) is 0 Å². The van der Waals surface area contributed by atoms with Crippen LogP contribution in [0.1, 0.15) is 82.8 Å². The van der Waals surface area contributed by atoms with Crippen LogP contribution >= 0.6 is 25.3 Å². The van der Waals surface area contributed by atoms with Crippen molar-refractivity contribution in [1.29, 1.82) is 0 Å². The molecule has 0 saturated heterocycles. The number of hydrogen-bond donors (Lipinski definition) is 8. The van der Waals surface area contributed by atoms with Gasteiger partial charge in [0, 0.05) is 67.5 Å². The number of carboxylic acid groups (broad SMARTS) is 2. The van der Waals surface area contributed by atoms with Crippen LogP contribution in [0.4, 0.5) is 0 Å². The summed E-state index contributed by atoms with van der Waals surface area (Å²) in [6.45, 7) is 12.1. The van der Waals surface area contributed by atoms with Gasteiger partial charge in [-0.1, -0.05) is 0 Å². The standard InChI is InChI=1S/C34H38N4O4S2/c1-15-21(7-9-31(39)40)27-14-28-22(8-10-32(41)42)16(2)24(36-28)12-29-34(20(6)44)18(4)26(38-29)13-30-33(19(5)43)17(3)25(37-30)11-23(15)35-27/h11-14,35-38,43-44H,7-10H2,1-6H3,(H,39,40)(H,41,42)/b23-11-,27-14-,29-12-,30-13-,33-19+,34-20+. The van der Waals surface area contributed by atoms with E-state index < -0.39 is 11.9 Å². The molecule has 8 bridgehead atoms. The van der Waals surface area contributed by atoms with Crippen molar-refractivity contribution in [3.63, 3.8) is 0 Å². The average molecular weight is 631 g/mol. The number of H-pyrrole nitrogens is 4. The molecule has 0 aliphatic carbocycles. The van der Waals surface area contributed by atoms with Crippen molar-refractivity contribution in [2.24, 2.45) is 0 Å². The second-order valence-electron chi connectivity index (χ2n) is 11.6. The first-order valence-corrected chi connectivity index (χ1v) is 15.4. The first kappa shape index (κ1) is 31.4. The Hall–Kier alpha value is -4.02. The van der Waals surface area contributed by atoms with Crippen LogP contribution in [0, 0.1) is 27.7 Å². The van der Waals surface area contributed by atoms with E-state index in [0.717, 1.165) is 97.8 Å². The number of aromatic nitrogens is 4. The minimum atomic E-state index is -0.869. The van der Waals surface area contributed by atoms with Gasteiger partial charge in [-0.3, -0.25) is 9.59 Å². The second-order valence-corrected chi connectivity index (χ2v) is 12.9. The average Bonchev–Trinajstić information content (AvgIpc) is 3.59. The van der Waals surface area contributed by atoms with Crippen LogP contribution in [0.15, 0.2) is 0 Å². The van der Waals surface area contributed by atoms with Crippen LogP contribution in [-0.2, 0) is 22.4 Å². The van der Waals surface area contributed by atoms with Gasteiger partial charge < -0.3 is 30.1 Å². The molecule has 0 radical (unpaired) electrons. The van der Waals surface area contributed by atoms with Crippen molar-refractivity contribution in [1.82, 2.24) is 19.9 Å². The third-order valence-electron chi connectivity index (χ3n) is 8.59. The van der Waals surface area contributed by atoms with E-state index in [0.29, 0.717) is 12.8 Å². The fourth-order valence-corrected chi connectivity index (χ4v) is 6.87. The maximum absolute atomic E-state index is 11.6. The summed E-state index contributed by atoms with van der Waals surface area (Å²) < 4.78 is 0. The van der Waals surface area contributed by atoms with Gasteiger partial charge in [0.25, 0.3) is 0 Å². The molecule has 230 valence electrons. The van der Waals surface area contributed by atoms with Gasteiger partial charge >= 0.3 is 11.9 Å². The molecule has 0 amide bonds. The summed E-state index contributed by atoms with van der Waals surface area (Å²) in [5.74, 6) is -1.74. The smallest absolute Gasteiger partial charge is 0.303 e. The summed E-state index contributed by atoms with van der Waals surface area (Å²) in [7, 11) is 0. The maximum Gasteiger partial charge on any atom is 0.303 e. The highest BCUT2D eigenvalue weighted by Gasteiger charge is 2.17. The largest absolute Gasteiger partial charge is 0.481 e. The van der Waals surface area contributed by atoms with E-state index in [9.17, 15) is 19.8 Å². The summed E-state index contributed by atoms with van der Waals surface area (Å²) in [4.78, 5) is 39.3. The highest BCUT2D eigenvalue weighted by molar-refractivity contribution is 7.90. The van der Waals surface area contributed by atoms with Gasteiger partial charge in [0.1, 0.15) is 0 Å². The second kappa shape index (κ2) is 12.2. The van der Waals surface area contributed by atoms with Crippen molar-refractivity contribution in [3.05, 3.63) is 88.0 Å². The van der Waals surface area contributed by atoms with Gasteiger partial charge in [0.2, 0.25) is 0 Å². The Morgan fingerprint density at radius 1 is 0.568 bits per heavy atom. The lowest BCUT2D eigenvalue weighted by Crippen LogP contribution is -2.25. The molecule has 0 spiro atoms. The van der Waals surface area contributed by atoms with Crippen LogP contribution in [0.3, 0.4) is 0 Å². The molecule has 4 aromatic heterocycles. The topological polar surface area (TPSA) is 138 Å². The fourth-order valence-electron chi connectivity index (χ4n) is 6.29. The van der Waals surface area contributed by atoms with E-state index >= 15 is 0 Å². The summed E-state index contributed by atoms with van der Waals surface area (Å²) >= 11 is 9.49. The third kappa shape index (κ3) is 5.88. The fraction of sp³-hybridized carbons (Fsp3) is 0.294. The van der Waals surface area contributed by atoms with Gasteiger partial charge in [0.05, 0.1) is 0 Å². The summed E-state index contributed by atoms with van der Waals surface area (Å²) in [6.07, 6.45) is 8.86. The molecule has 44 heavy (non-hydrogen) atoms. The molecule has 0 unspecified atom stereocenters. The van der Waals surface area contributed by atoms with Crippen LogP contribution in [0.5, 0.6) is 0 Å². The number of hydrogen-bond acceptors (Lipinski definition) is 4. The normalized spacial score (nSPS) is 16.9. The molecule has 0 fully saturated rings. The van der Waals surface area contributed by atoms with Gasteiger partial charge in [-0.05, 0) is 122 Å². The SMILES string of the molecule is C/C(S)=c1/c(C)c2[nH]/c1=C\c1[nH]c(c(CCC(=O)O)c1C)/C=c1\[nH]/c(c(C)c1CCC(=O)O)=C\c1[nH]c(/c(=C(\C)S)c1C)=C\2. The Balaban J connectivity index is 1.98. The lowest BCUT2D eigenvalue weighted by Gasteiger charge is -2.01. The predicted octanol–water partition coefficient (Wildman–Crippen LogP) is 2.01. The number of nitrogens with one attached hydrogen (secondary N) is 4. The lowest BCUT2D eigenvalue weighted by molar-refractivity contribution is -0.138. The van der Waals surface area contributed by atoms with Crippen molar-refractivity contribution in [2.45, 2.75) is 67.2 Å². The van der Waals surface area contributed by atoms with Crippen molar-refractivity contribution in [2.75, 3.05) is 0 Å². The molecule has 10 heteroatoms. The Kier molecular flexibility index (Phi) is 8.68. The van der Waals surface area contributed by atoms with E-state index in [1.807, 2.05) is 33.8 Å². The molecule has 1 aliphatic heterocycles.